The van der Waals surface area contributed by atoms with Gasteiger partial charge in [-0.05, 0) is 33.6 Å². The SMILES string of the molecule is CCC[C@]1(C(=O)OC)CCN([C@H](O)OC(C)(C)C)C1. The van der Waals surface area contributed by atoms with Crippen LogP contribution in [0.1, 0.15) is 47.0 Å². The van der Waals surface area contributed by atoms with E-state index in [0.717, 1.165) is 12.8 Å². The van der Waals surface area contributed by atoms with Gasteiger partial charge in [-0.25, -0.2) is 0 Å². The van der Waals surface area contributed by atoms with Crippen LogP contribution in [0, 0.1) is 5.41 Å². The fourth-order valence-corrected chi connectivity index (χ4v) is 2.65. The van der Waals surface area contributed by atoms with E-state index in [0.29, 0.717) is 19.5 Å². The number of nitrogens with zero attached hydrogens (tertiary/aromatic N) is 1. The summed E-state index contributed by atoms with van der Waals surface area (Å²) in [6.07, 6.45) is 1.43. The van der Waals surface area contributed by atoms with Crippen molar-refractivity contribution in [2.24, 2.45) is 5.41 Å². The summed E-state index contributed by atoms with van der Waals surface area (Å²) in [6.45, 7) is 8.87. The van der Waals surface area contributed by atoms with Crippen molar-refractivity contribution in [3.8, 4) is 0 Å². The summed E-state index contributed by atoms with van der Waals surface area (Å²) in [6, 6.07) is 0. The fourth-order valence-electron chi connectivity index (χ4n) is 2.65. The van der Waals surface area contributed by atoms with Gasteiger partial charge in [0.2, 0.25) is 6.41 Å². The number of aliphatic hydroxyl groups is 1. The molecule has 0 aromatic heterocycles. The molecule has 0 saturated carbocycles. The maximum Gasteiger partial charge on any atom is 0.313 e. The van der Waals surface area contributed by atoms with Crippen molar-refractivity contribution in [3.05, 3.63) is 0 Å². The van der Waals surface area contributed by atoms with Gasteiger partial charge in [0.15, 0.2) is 0 Å². The quantitative estimate of drug-likeness (QED) is 0.611. The average Bonchev–Trinajstić information content (AvgIpc) is 2.72. The molecule has 1 fully saturated rings. The number of carbonyl (C=O) groups excluding carboxylic acids is 1. The lowest BCUT2D eigenvalue weighted by Gasteiger charge is -2.31. The second-order valence-corrected chi connectivity index (χ2v) is 6.30. The molecule has 1 aliphatic rings. The molecule has 0 bridgehead atoms. The number of likely N-dealkylation sites (tertiary alicyclic amines) is 1. The van der Waals surface area contributed by atoms with Crippen LogP contribution in [0.3, 0.4) is 0 Å². The van der Waals surface area contributed by atoms with Crippen LogP contribution in [0.25, 0.3) is 0 Å². The van der Waals surface area contributed by atoms with Gasteiger partial charge in [-0.3, -0.25) is 9.69 Å². The zero-order chi connectivity index (χ0) is 14.7. The molecule has 0 aliphatic carbocycles. The molecule has 112 valence electrons. The van der Waals surface area contributed by atoms with E-state index in [1.165, 1.54) is 7.11 Å². The Kier molecular flexibility index (Phi) is 5.35. The van der Waals surface area contributed by atoms with Crippen molar-refractivity contribution >= 4 is 5.97 Å². The van der Waals surface area contributed by atoms with E-state index in [2.05, 4.69) is 6.92 Å². The van der Waals surface area contributed by atoms with Crippen LogP contribution < -0.4 is 0 Å². The molecule has 0 radical (unpaired) electrons. The van der Waals surface area contributed by atoms with Crippen LogP contribution in [0.4, 0.5) is 0 Å². The van der Waals surface area contributed by atoms with E-state index in [1.807, 2.05) is 20.8 Å². The topological polar surface area (TPSA) is 59.0 Å². The van der Waals surface area contributed by atoms with Gasteiger partial charge in [0.05, 0.1) is 18.1 Å². The molecule has 5 heteroatoms. The van der Waals surface area contributed by atoms with Crippen LogP contribution >= 0.6 is 0 Å². The predicted octanol–water partition coefficient (Wildman–Crippen LogP) is 1.74. The zero-order valence-corrected chi connectivity index (χ0v) is 12.7. The Morgan fingerprint density at radius 3 is 2.58 bits per heavy atom. The minimum absolute atomic E-state index is 0.181. The Bertz CT molecular complexity index is 313. The maximum absolute atomic E-state index is 12.0. The van der Waals surface area contributed by atoms with E-state index in [-0.39, 0.29) is 5.97 Å². The normalized spacial score (nSPS) is 26.4. The fraction of sp³-hybridized carbons (Fsp3) is 0.929. The number of ether oxygens (including phenoxy) is 2. The second kappa shape index (κ2) is 6.20. The van der Waals surface area contributed by atoms with Crippen molar-refractivity contribution in [1.29, 1.82) is 0 Å². The molecule has 0 unspecified atom stereocenters. The number of methoxy groups -OCH3 is 1. The first-order valence-electron chi connectivity index (χ1n) is 6.92. The zero-order valence-electron chi connectivity index (χ0n) is 12.7. The molecule has 1 saturated heterocycles. The Labute approximate surface area is 115 Å². The molecule has 0 amide bonds. The molecular weight excluding hydrogens is 246 g/mol. The summed E-state index contributed by atoms with van der Waals surface area (Å²) in [5.74, 6) is -0.181. The molecule has 5 nitrogen and oxygen atoms in total. The number of aliphatic hydroxyl groups excluding tert-OH is 1. The lowest BCUT2D eigenvalue weighted by atomic mass is 9.82. The Morgan fingerprint density at radius 2 is 2.11 bits per heavy atom. The first kappa shape index (κ1) is 16.4. The van der Waals surface area contributed by atoms with Gasteiger partial charge in [-0.1, -0.05) is 13.3 Å². The van der Waals surface area contributed by atoms with E-state index >= 15 is 0 Å². The van der Waals surface area contributed by atoms with Gasteiger partial charge in [0.1, 0.15) is 0 Å². The lowest BCUT2D eigenvalue weighted by molar-refractivity contribution is -0.235. The number of hydrogen-bond donors (Lipinski definition) is 1. The van der Waals surface area contributed by atoms with Gasteiger partial charge < -0.3 is 14.6 Å². The van der Waals surface area contributed by atoms with Crippen molar-refractivity contribution in [3.63, 3.8) is 0 Å². The number of carbonyl (C=O) groups is 1. The summed E-state index contributed by atoms with van der Waals surface area (Å²) < 4.78 is 10.5. The summed E-state index contributed by atoms with van der Waals surface area (Å²) in [4.78, 5) is 13.8. The van der Waals surface area contributed by atoms with Crippen LogP contribution in [0.15, 0.2) is 0 Å². The number of hydrogen-bond acceptors (Lipinski definition) is 5. The Balaban J connectivity index is 2.71. The first-order valence-corrected chi connectivity index (χ1v) is 6.92. The largest absolute Gasteiger partial charge is 0.469 e. The highest BCUT2D eigenvalue weighted by molar-refractivity contribution is 5.77. The second-order valence-electron chi connectivity index (χ2n) is 6.30. The highest BCUT2D eigenvalue weighted by atomic mass is 16.6. The van der Waals surface area contributed by atoms with Gasteiger partial charge >= 0.3 is 5.97 Å². The Morgan fingerprint density at radius 1 is 1.47 bits per heavy atom. The smallest absolute Gasteiger partial charge is 0.313 e. The molecule has 0 spiro atoms. The van der Waals surface area contributed by atoms with Crippen molar-refractivity contribution in [2.45, 2.75) is 59.0 Å². The monoisotopic (exact) mass is 273 g/mol. The summed E-state index contributed by atoms with van der Waals surface area (Å²) >= 11 is 0. The summed E-state index contributed by atoms with van der Waals surface area (Å²) in [5, 5.41) is 10.1. The van der Waals surface area contributed by atoms with Crippen LogP contribution in [-0.2, 0) is 14.3 Å². The summed E-state index contributed by atoms with van der Waals surface area (Å²) in [7, 11) is 1.42. The van der Waals surface area contributed by atoms with Gasteiger partial charge in [-0.2, -0.15) is 0 Å². The van der Waals surface area contributed by atoms with Crippen LogP contribution in [0.5, 0.6) is 0 Å². The molecule has 1 rings (SSSR count). The molecule has 1 N–H and O–H groups in total. The van der Waals surface area contributed by atoms with E-state index in [4.69, 9.17) is 9.47 Å². The molecule has 2 atom stereocenters. The van der Waals surface area contributed by atoms with Crippen molar-refractivity contribution < 1.29 is 19.4 Å². The highest BCUT2D eigenvalue weighted by Gasteiger charge is 2.46. The van der Waals surface area contributed by atoms with Gasteiger partial charge in [0, 0.05) is 13.1 Å². The standard InChI is InChI=1S/C14H27NO4/c1-6-7-14(11(16)18-5)8-9-15(10-14)12(17)19-13(2,3)4/h12,17H,6-10H2,1-5H3/t12-,14+/m1/s1. The molecule has 1 heterocycles. The number of esters is 1. The van der Waals surface area contributed by atoms with E-state index in [1.54, 1.807) is 4.90 Å². The third-order valence-electron chi connectivity index (χ3n) is 3.50. The predicted molar refractivity (Wildman–Crippen MR) is 72.4 cm³/mol. The third-order valence-corrected chi connectivity index (χ3v) is 3.50. The highest BCUT2D eigenvalue weighted by Crippen LogP contribution is 2.37. The lowest BCUT2D eigenvalue weighted by Crippen LogP contribution is -2.43. The Hall–Kier alpha value is -0.650. The maximum atomic E-state index is 12.0. The molecular formula is C14H27NO4. The average molecular weight is 273 g/mol. The van der Waals surface area contributed by atoms with Crippen molar-refractivity contribution in [1.82, 2.24) is 4.90 Å². The van der Waals surface area contributed by atoms with Crippen molar-refractivity contribution in [2.75, 3.05) is 20.2 Å². The minimum Gasteiger partial charge on any atom is -0.469 e. The molecule has 0 aromatic rings. The van der Waals surface area contributed by atoms with Gasteiger partial charge in [0.25, 0.3) is 0 Å². The summed E-state index contributed by atoms with van der Waals surface area (Å²) in [5.41, 5.74) is -0.910. The third kappa shape index (κ3) is 4.16. The van der Waals surface area contributed by atoms with Gasteiger partial charge in [-0.15, -0.1) is 0 Å². The van der Waals surface area contributed by atoms with E-state index in [9.17, 15) is 9.90 Å². The first-order chi connectivity index (χ1) is 8.74. The molecule has 1 aliphatic heterocycles. The van der Waals surface area contributed by atoms with Crippen LogP contribution in [0.2, 0.25) is 0 Å². The molecule has 19 heavy (non-hydrogen) atoms. The minimum atomic E-state index is -0.969. The number of rotatable bonds is 5. The van der Waals surface area contributed by atoms with E-state index < -0.39 is 17.4 Å². The molecule has 0 aromatic carbocycles. The van der Waals surface area contributed by atoms with Crippen LogP contribution in [-0.4, -0.2) is 48.2 Å².